The van der Waals surface area contributed by atoms with Gasteiger partial charge in [-0.2, -0.15) is 0 Å². The standard InChI is InChI=1S/C21H26N2O3.ClH/c1-17(26-19-6-3-2-4-7-19)21(24)23-13-9-18(10-14-23)11-15-25-20-8-5-12-22-16-20;/h2-8,12,16-18H,9-11,13-15H2,1H3;1H. The van der Waals surface area contributed by atoms with Crippen molar-refractivity contribution < 1.29 is 14.3 Å². The van der Waals surface area contributed by atoms with E-state index in [1.54, 1.807) is 12.4 Å². The molecule has 2 aromatic rings. The Hall–Kier alpha value is -2.27. The second-order valence-electron chi connectivity index (χ2n) is 6.67. The van der Waals surface area contributed by atoms with Gasteiger partial charge in [-0.15, -0.1) is 12.4 Å². The van der Waals surface area contributed by atoms with Crippen LogP contribution in [0.3, 0.4) is 0 Å². The van der Waals surface area contributed by atoms with Gasteiger partial charge in [0.2, 0.25) is 0 Å². The lowest BCUT2D eigenvalue weighted by Gasteiger charge is -2.33. The van der Waals surface area contributed by atoms with Crippen molar-refractivity contribution in [3.63, 3.8) is 0 Å². The number of aromatic nitrogens is 1. The van der Waals surface area contributed by atoms with Crippen LogP contribution in [-0.4, -0.2) is 41.6 Å². The zero-order chi connectivity index (χ0) is 18.2. The van der Waals surface area contributed by atoms with Gasteiger partial charge in [-0.25, -0.2) is 0 Å². The highest BCUT2D eigenvalue weighted by Gasteiger charge is 2.26. The topological polar surface area (TPSA) is 51.7 Å². The third kappa shape index (κ3) is 6.43. The van der Waals surface area contributed by atoms with Gasteiger partial charge < -0.3 is 14.4 Å². The third-order valence-electron chi connectivity index (χ3n) is 4.76. The number of piperidine rings is 1. The van der Waals surface area contributed by atoms with Gasteiger partial charge in [0.05, 0.1) is 12.8 Å². The van der Waals surface area contributed by atoms with Gasteiger partial charge >= 0.3 is 0 Å². The van der Waals surface area contributed by atoms with Gasteiger partial charge in [0.1, 0.15) is 11.5 Å². The molecule has 0 radical (unpaired) electrons. The molecule has 0 saturated carbocycles. The molecular weight excluding hydrogens is 364 g/mol. The number of amides is 1. The van der Waals surface area contributed by atoms with E-state index in [9.17, 15) is 4.79 Å². The minimum atomic E-state index is -0.456. The number of hydrogen-bond donors (Lipinski definition) is 0. The van der Waals surface area contributed by atoms with E-state index in [1.165, 1.54) is 0 Å². The van der Waals surface area contributed by atoms with E-state index < -0.39 is 6.10 Å². The first-order valence-corrected chi connectivity index (χ1v) is 9.25. The van der Waals surface area contributed by atoms with Crippen molar-refractivity contribution >= 4 is 18.3 Å². The largest absolute Gasteiger partial charge is 0.492 e. The molecule has 1 aliphatic rings. The highest BCUT2D eigenvalue weighted by atomic mass is 35.5. The van der Waals surface area contributed by atoms with Crippen LogP contribution in [0, 0.1) is 5.92 Å². The maximum Gasteiger partial charge on any atom is 0.263 e. The molecule has 27 heavy (non-hydrogen) atoms. The molecular formula is C21H27ClN2O3. The van der Waals surface area contributed by atoms with E-state index in [0.29, 0.717) is 12.5 Å². The van der Waals surface area contributed by atoms with Crippen LogP contribution in [0.15, 0.2) is 54.9 Å². The second-order valence-corrected chi connectivity index (χ2v) is 6.67. The first-order valence-electron chi connectivity index (χ1n) is 9.25. The molecule has 146 valence electrons. The Morgan fingerprint density at radius 1 is 1.15 bits per heavy atom. The number of hydrogen-bond acceptors (Lipinski definition) is 4. The van der Waals surface area contributed by atoms with Gasteiger partial charge in [-0.3, -0.25) is 9.78 Å². The molecule has 2 heterocycles. The van der Waals surface area contributed by atoms with Crippen LogP contribution < -0.4 is 9.47 Å². The zero-order valence-electron chi connectivity index (χ0n) is 15.6. The van der Waals surface area contributed by atoms with Crippen LogP contribution in [0.25, 0.3) is 0 Å². The average molecular weight is 391 g/mol. The van der Waals surface area contributed by atoms with Crippen molar-refractivity contribution in [3.8, 4) is 11.5 Å². The maximum absolute atomic E-state index is 12.6. The number of carbonyl (C=O) groups excluding carboxylic acids is 1. The van der Waals surface area contributed by atoms with Gasteiger partial charge in [0.25, 0.3) is 5.91 Å². The molecule has 1 fully saturated rings. The summed E-state index contributed by atoms with van der Waals surface area (Å²) in [5.74, 6) is 2.21. The molecule has 1 unspecified atom stereocenters. The predicted molar refractivity (Wildman–Crippen MR) is 107 cm³/mol. The Morgan fingerprint density at radius 3 is 2.52 bits per heavy atom. The second kappa shape index (κ2) is 10.8. The fourth-order valence-corrected chi connectivity index (χ4v) is 3.23. The van der Waals surface area contributed by atoms with Gasteiger partial charge in [0, 0.05) is 19.3 Å². The fraction of sp³-hybridized carbons (Fsp3) is 0.429. The van der Waals surface area contributed by atoms with Crippen molar-refractivity contribution in [2.24, 2.45) is 5.92 Å². The summed E-state index contributed by atoms with van der Waals surface area (Å²) >= 11 is 0. The van der Waals surface area contributed by atoms with Crippen LogP contribution in [0.2, 0.25) is 0 Å². The van der Waals surface area contributed by atoms with Crippen molar-refractivity contribution in [2.75, 3.05) is 19.7 Å². The summed E-state index contributed by atoms with van der Waals surface area (Å²) in [7, 11) is 0. The van der Waals surface area contributed by atoms with Crippen LogP contribution in [-0.2, 0) is 4.79 Å². The molecule has 0 aliphatic carbocycles. The summed E-state index contributed by atoms with van der Waals surface area (Å²) in [6.07, 6.45) is 6.05. The number of para-hydroxylation sites is 1. The number of carbonyl (C=O) groups is 1. The lowest BCUT2D eigenvalue weighted by atomic mass is 9.93. The number of ether oxygens (including phenoxy) is 2. The number of halogens is 1. The first-order chi connectivity index (χ1) is 12.7. The Balaban J connectivity index is 0.00000261. The maximum atomic E-state index is 12.6. The molecule has 1 aromatic heterocycles. The van der Waals surface area contributed by atoms with Gasteiger partial charge in [-0.05, 0) is 56.4 Å². The molecule has 1 aliphatic heterocycles. The lowest BCUT2D eigenvalue weighted by Crippen LogP contribution is -2.44. The van der Waals surface area contributed by atoms with Crippen LogP contribution in [0.5, 0.6) is 11.5 Å². The number of rotatable bonds is 7. The monoisotopic (exact) mass is 390 g/mol. The molecule has 1 amide bonds. The van der Waals surface area contributed by atoms with Crippen molar-refractivity contribution in [1.29, 1.82) is 0 Å². The van der Waals surface area contributed by atoms with Crippen molar-refractivity contribution in [2.45, 2.75) is 32.3 Å². The Morgan fingerprint density at radius 2 is 1.85 bits per heavy atom. The van der Waals surface area contributed by atoms with Crippen LogP contribution in [0.4, 0.5) is 0 Å². The molecule has 1 aromatic carbocycles. The van der Waals surface area contributed by atoms with Gasteiger partial charge in [0.15, 0.2) is 6.10 Å². The molecule has 0 bridgehead atoms. The smallest absolute Gasteiger partial charge is 0.263 e. The predicted octanol–water partition coefficient (Wildman–Crippen LogP) is 3.98. The quantitative estimate of drug-likeness (QED) is 0.717. The number of nitrogens with zero attached hydrogens (tertiary/aromatic N) is 2. The van der Waals surface area contributed by atoms with E-state index >= 15 is 0 Å². The molecule has 1 atom stereocenters. The average Bonchev–Trinajstić information content (AvgIpc) is 2.69. The van der Waals surface area contributed by atoms with E-state index in [4.69, 9.17) is 9.47 Å². The van der Waals surface area contributed by atoms with E-state index in [2.05, 4.69) is 4.98 Å². The molecule has 1 saturated heterocycles. The molecule has 0 spiro atoms. The summed E-state index contributed by atoms with van der Waals surface area (Å²) in [4.78, 5) is 18.5. The summed E-state index contributed by atoms with van der Waals surface area (Å²) in [5.41, 5.74) is 0. The minimum absolute atomic E-state index is 0. The number of likely N-dealkylation sites (tertiary alicyclic amines) is 1. The summed E-state index contributed by atoms with van der Waals surface area (Å²) in [5, 5.41) is 0. The SMILES string of the molecule is CC(Oc1ccccc1)C(=O)N1CCC(CCOc2cccnc2)CC1.Cl. The summed E-state index contributed by atoms with van der Waals surface area (Å²) in [6, 6.07) is 13.3. The summed E-state index contributed by atoms with van der Waals surface area (Å²) in [6.45, 7) is 4.10. The van der Waals surface area contributed by atoms with Crippen LogP contribution in [0.1, 0.15) is 26.2 Å². The highest BCUT2D eigenvalue weighted by Crippen LogP contribution is 2.22. The van der Waals surface area contributed by atoms with Gasteiger partial charge in [-0.1, -0.05) is 18.2 Å². The highest BCUT2D eigenvalue weighted by molar-refractivity contribution is 5.85. The molecule has 3 rings (SSSR count). The number of benzene rings is 1. The first kappa shape index (κ1) is 21.0. The molecule has 5 nitrogen and oxygen atoms in total. The van der Waals surface area contributed by atoms with Crippen molar-refractivity contribution in [3.05, 3.63) is 54.9 Å². The minimum Gasteiger partial charge on any atom is -0.492 e. The fourth-order valence-electron chi connectivity index (χ4n) is 3.23. The zero-order valence-corrected chi connectivity index (χ0v) is 16.4. The summed E-state index contributed by atoms with van der Waals surface area (Å²) < 4.78 is 11.5. The third-order valence-corrected chi connectivity index (χ3v) is 4.76. The van der Waals surface area contributed by atoms with E-state index in [0.717, 1.165) is 43.9 Å². The lowest BCUT2D eigenvalue weighted by molar-refractivity contribution is -0.139. The Bertz CT molecular complexity index is 676. The van der Waals surface area contributed by atoms with E-state index in [-0.39, 0.29) is 18.3 Å². The Kier molecular flexibility index (Phi) is 8.40. The Labute approximate surface area is 167 Å². The van der Waals surface area contributed by atoms with Crippen LogP contribution >= 0.6 is 12.4 Å². The van der Waals surface area contributed by atoms with E-state index in [1.807, 2.05) is 54.3 Å². The number of pyridine rings is 1. The molecule has 0 N–H and O–H groups in total. The normalized spacial score (nSPS) is 15.5. The van der Waals surface area contributed by atoms with Crippen molar-refractivity contribution in [1.82, 2.24) is 9.88 Å². The molecule has 6 heteroatoms.